The van der Waals surface area contributed by atoms with Crippen molar-refractivity contribution in [2.45, 2.75) is 46.3 Å². The maximum atomic E-state index is 11.9. The Morgan fingerprint density at radius 3 is 2.96 bits per heavy atom. The number of benzene rings is 1. The van der Waals surface area contributed by atoms with Crippen LogP contribution in [0.5, 0.6) is 5.75 Å². The van der Waals surface area contributed by atoms with Crippen LogP contribution in [0.3, 0.4) is 0 Å². The van der Waals surface area contributed by atoms with Crippen LogP contribution >= 0.6 is 0 Å². The molecule has 1 aliphatic heterocycles. The van der Waals surface area contributed by atoms with Gasteiger partial charge >= 0.3 is 0 Å². The molecule has 1 aromatic heterocycles. The molecule has 0 saturated carbocycles. The molecule has 1 aliphatic rings. The second-order valence-electron chi connectivity index (χ2n) is 6.97. The first-order chi connectivity index (χ1) is 13.0. The monoisotopic (exact) mass is 369 g/mol. The van der Waals surface area contributed by atoms with Gasteiger partial charge in [0.2, 0.25) is 0 Å². The normalized spacial score (nSPS) is 16.8. The summed E-state index contributed by atoms with van der Waals surface area (Å²) in [5.41, 5.74) is 6.88. The van der Waals surface area contributed by atoms with E-state index in [0.29, 0.717) is 5.75 Å². The lowest BCUT2D eigenvalue weighted by molar-refractivity contribution is -0.123. The highest BCUT2D eigenvalue weighted by Gasteiger charge is 2.18. The zero-order valence-electron chi connectivity index (χ0n) is 16.2. The predicted molar refractivity (Wildman–Crippen MR) is 105 cm³/mol. The number of nitrogens with one attached hydrogen (secondary N) is 1. The highest BCUT2D eigenvalue weighted by molar-refractivity contribution is 5.84. The molecule has 0 spiro atoms. The minimum atomic E-state index is -0.291. The van der Waals surface area contributed by atoms with Crippen LogP contribution in [0.15, 0.2) is 35.4 Å². The molecule has 0 unspecified atom stereocenters. The van der Waals surface area contributed by atoms with Gasteiger partial charge in [0.1, 0.15) is 5.75 Å². The number of hydrogen-bond acceptors (Lipinski definition) is 4. The van der Waals surface area contributed by atoms with Gasteiger partial charge in [0.15, 0.2) is 6.61 Å². The van der Waals surface area contributed by atoms with E-state index in [4.69, 9.17) is 9.47 Å². The van der Waals surface area contributed by atoms with Crippen molar-refractivity contribution in [1.82, 2.24) is 9.99 Å². The number of amides is 1. The van der Waals surface area contributed by atoms with Crippen LogP contribution in [-0.2, 0) is 16.1 Å². The molecular formula is C21H27N3O3. The van der Waals surface area contributed by atoms with E-state index in [1.54, 1.807) is 6.21 Å². The standard InChI is InChI=1S/C21H27N3O3/c1-15-6-4-7-19(10-15)27-14-21(25)23-22-12-18-11-16(2)24(17(18)3)13-20-8-5-9-26-20/h4,6-7,10-12,20H,5,8-9,13-14H2,1-3H3,(H,23,25)/b22-12-/t20-/m1/s1. The van der Waals surface area contributed by atoms with Gasteiger partial charge in [-0.05, 0) is 57.4 Å². The second kappa shape index (κ2) is 8.86. The smallest absolute Gasteiger partial charge is 0.277 e. The summed E-state index contributed by atoms with van der Waals surface area (Å²) < 4.78 is 13.5. The number of carbonyl (C=O) groups excluding carboxylic acids is 1. The topological polar surface area (TPSA) is 64.8 Å². The van der Waals surface area contributed by atoms with Crippen LogP contribution in [0.2, 0.25) is 0 Å². The summed E-state index contributed by atoms with van der Waals surface area (Å²) in [5, 5.41) is 4.07. The number of aromatic nitrogens is 1. The minimum Gasteiger partial charge on any atom is -0.484 e. The average molecular weight is 369 g/mol. The first kappa shape index (κ1) is 19.2. The van der Waals surface area contributed by atoms with Crippen molar-refractivity contribution < 1.29 is 14.3 Å². The van der Waals surface area contributed by atoms with Crippen molar-refractivity contribution >= 4 is 12.1 Å². The van der Waals surface area contributed by atoms with Crippen LogP contribution in [0.1, 0.15) is 35.4 Å². The number of carbonyl (C=O) groups is 1. The van der Waals surface area contributed by atoms with Gasteiger partial charge in [-0.15, -0.1) is 0 Å². The SMILES string of the molecule is Cc1cccc(OCC(=O)N/N=C\c2cc(C)n(C[C@H]3CCCO3)c2C)c1. The molecule has 0 bridgehead atoms. The molecule has 6 nitrogen and oxygen atoms in total. The van der Waals surface area contributed by atoms with Crippen LogP contribution in [0, 0.1) is 20.8 Å². The zero-order chi connectivity index (χ0) is 19.2. The van der Waals surface area contributed by atoms with Gasteiger partial charge in [0.05, 0.1) is 12.3 Å². The van der Waals surface area contributed by atoms with Gasteiger partial charge in [-0.3, -0.25) is 4.79 Å². The predicted octanol–water partition coefficient (Wildman–Crippen LogP) is 3.12. The summed E-state index contributed by atoms with van der Waals surface area (Å²) in [4.78, 5) is 11.9. The van der Waals surface area contributed by atoms with E-state index in [9.17, 15) is 4.79 Å². The number of ether oxygens (including phenoxy) is 2. The fourth-order valence-electron chi connectivity index (χ4n) is 3.29. The number of hydrazone groups is 1. The van der Waals surface area contributed by atoms with E-state index in [1.807, 2.05) is 31.2 Å². The molecule has 1 amide bonds. The lowest BCUT2D eigenvalue weighted by atomic mass is 10.2. The largest absolute Gasteiger partial charge is 0.484 e. The Kier molecular flexibility index (Phi) is 6.29. The molecule has 2 heterocycles. The van der Waals surface area contributed by atoms with Crippen molar-refractivity contribution in [3.8, 4) is 5.75 Å². The molecule has 6 heteroatoms. The fourth-order valence-corrected chi connectivity index (χ4v) is 3.29. The first-order valence-corrected chi connectivity index (χ1v) is 9.32. The maximum Gasteiger partial charge on any atom is 0.277 e. The Labute approximate surface area is 160 Å². The molecule has 0 aliphatic carbocycles. The zero-order valence-corrected chi connectivity index (χ0v) is 16.2. The molecule has 1 N–H and O–H groups in total. The van der Waals surface area contributed by atoms with Crippen molar-refractivity contribution in [2.24, 2.45) is 5.10 Å². The molecule has 2 aromatic rings. The van der Waals surface area contributed by atoms with Gasteiger partial charge < -0.3 is 14.0 Å². The van der Waals surface area contributed by atoms with Gasteiger partial charge in [-0.25, -0.2) is 5.43 Å². The molecule has 0 radical (unpaired) electrons. The summed E-state index contributed by atoms with van der Waals surface area (Å²) in [6, 6.07) is 9.66. The summed E-state index contributed by atoms with van der Waals surface area (Å²) in [6.45, 7) is 7.77. The number of nitrogens with zero attached hydrogens (tertiary/aromatic N) is 2. The Hall–Kier alpha value is -2.60. The third-order valence-electron chi connectivity index (χ3n) is 4.78. The minimum absolute atomic E-state index is 0.0706. The molecule has 1 saturated heterocycles. The fraction of sp³-hybridized carbons (Fsp3) is 0.429. The van der Waals surface area contributed by atoms with Gasteiger partial charge in [-0.1, -0.05) is 12.1 Å². The number of hydrogen-bond donors (Lipinski definition) is 1. The van der Waals surface area contributed by atoms with E-state index in [0.717, 1.165) is 42.8 Å². The Morgan fingerprint density at radius 2 is 2.22 bits per heavy atom. The highest BCUT2D eigenvalue weighted by atomic mass is 16.5. The number of rotatable bonds is 7. The van der Waals surface area contributed by atoms with E-state index in [-0.39, 0.29) is 18.6 Å². The van der Waals surface area contributed by atoms with Crippen LogP contribution in [-0.4, -0.2) is 36.0 Å². The third kappa shape index (κ3) is 5.20. The quantitative estimate of drug-likeness (QED) is 0.602. The molecule has 27 heavy (non-hydrogen) atoms. The molecule has 1 fully saturated rings. The third-order valence-corrected chi connectivity index (χ3v) is 4.78. The van der Waals surface area contributed by atoms with E-state index < -0.39 is 0 Å². The molecule has 1 atom stereocenters. The molecule has 3 rings (SSSR count). The van der Waals surface area contributed by atoms with E-state index >= 15 is 0 Å². The van der Waals surface area contributed by atoms with Crippen molar-refractivity contribution in [3.63, 3.8) is 0 Å². The van der Waals surface area contributed by atoms with Crippen molar-refractivity contribution in [2.75, 3.05) is 13.2 Å². The Morgan fingerprint density at radius 1 is 1.37 bits per heavy atom. The molecule has 144 valence electrons. The summed E-state index contributed by atoms with van der Waals surface area (Å²) >= 11 is 0. The first-order valence-electron chi connectivity index (χ1n) is 9.32. The van der Waals surface area contributed by atoms with E-state index in [2.05, 4.69) is 35.0 Å². The Bertz CT molecular complexity index is 820. The molecule has 1 aromatic carbocycles. The Balaban J connectivity index is 1.52. The van der Waals surface area contributed by atoms with Crippen LogP contribution in [0.25, 0.3) is 0 Å². The van der Waals surface area contributed by atoms with E-state index in [1.165, 1.54) is 5.69 Å². The van der Waals surface area contributed by atoms with Gasteiger partial charge in [0.25, 0.3) is 5.91 Å². The molecular weight excluding hydrogens is 342 g/mol. The van der Waals surface area contributed by atoms with Gasteiger partial charge in [0, 0.05) is 30.1 Å². The lowest BCUT2D eigenvalue weighted by Crippen LogP contribution is -2.24. The van der Waals surface area contributed by atoms with Crippen LogP contribution < -0.4 is 10.2 Å². The second-order valence-corrected chi connectivity index (χ2v) is 6.97. The van der Waals surface area contributed by atoms with Crippen molar-refractivity contribution in [3.05, 3.63) is 52.8 Å². The van der Waals surface area contributed by atoms with Crippen molar-refractivity contribution in [1.29, 1.82) is 0 Å². The summed E-state index contributed by atoms with van der Waals surface area (Å²) in [6.07, 6.45) is 4.21. The summed E-state index contributed by atoms with van der Waals surface area (Å²) in [5.74, 6) is 0.382. The number of aryl methyl sites for hydroxylation is 2. The van der Waals surface area contributed by atoms with Gasteiger partial charge in [-0.2, -0.15) is 5.10 Å². The highest BCUT2D eigenvalue weighted by Crippen LogP contribution is 2.19. The maximum absolute atomic E-state index is 11.9. The summed E-state index contributed by atoms with van der Waals surface area (Å²) in [7, 11) is 0. The average Bonchev–Trinajstić information content (AvgIpc) is 3.24. The van der Waals surface area contributed by atoms with Crippen LogP contribution in [0.4, 0.5) is 0 Å². The lowest BCUT2D eigenvalue weighted by Gasteiger charge is -2.14.